The van der Waals surface area contributed by atoms with Gasteiger partial charge in [-0.1, -0.05) is 29.3 Å². The van der Waals surface area contributed by atoms with E-state index in [1.54, 1.807) is 12.1 Å². The largest absolute Gasteiger partial charge is 0.480 e. The number of esters is 1. The van der Waals surface area contributed by atoms with Crippen LogP contribution in [-0.4, -0.2) is 19.9 Å². The Morgan fingerprint density at radius 1 is 1.12 bits per heavy atom. The van der Waals surface area contributed by atoms with Crippen LogP contribution in [-0.2, 0) is 9.53 Å². The van der Waals surface area contributed by atoms with Gasteiger partial charge in [-0.25, -0.2) is 4.79 Å². The average molecular weight is 359 g/mol. The third kappa shape index (κ3) is 2.61. The first kappa shape index (κ1) is 15.8. The molecule has 0 bridgehead atoms. The second-order valence-electron chi connectivity index (χ2n) is 5.83. The molecule has 0 saturated carbocycles. The summed E-state index contributed by atoms with van der Waals surface area (Å²) in [5.74, 6) is 1.35. The molecule has 2 aliphatic rings. The molecule has 2 heterocycles. The highest BCUT2D eigenvalue weighted by Crippen LogP contribution is 2.46. The zero-order valence-corrected chi connectivity index (χ0v) is 14.4. The molecule has 0 fully saturated rings. The maximum Gasteiger partial charge on any atom is 0.339 e. The van der Waals surface area contributed by atoms with Crippen molar-refractivity contribution in [3.63, 3.8) is 0 Å². The lowest BCUT2D eigenvalue weighted by molar-refractivity contribution is -0.137. The number of carbonyl (C=O) groups excluding carboxylic acids is 1. The summed E-state index contributed by atoms with van der Waals surface area (Å²) in [5, 5.41) is 0.333. The lowest BCUT2D eigenvalue weighted by atomic mass is 9.95. The smallest absolute Gasteiger partial charge is 0.339 e. The predicted octanol–water partition coefficient (Wildman–Crippen LogP) is 3.98. The summed E-state index contributed by atoms with van der Waals surface area (Å²) >= 11 is 6.56. The minimum absolute atomic E-state index is 0.173. The minimum atomic E-state index is -0.690. The van der Waals surface area contributed by atoms with Crippen LogP contribution < -0.4 is 14.2 Å². The maximum atomic E-state index is 12.4. The van der Waals surface area contributed by atoms with Gasteiger partial charge in [-0.05, 0) is 31.2 Å². The standard InChI is InChI=1S/C19H15ClO5/c1-10-3-5-13-12(7-10)17(20)16(19(21)22-2)18(25-13)11-4-6-14-15(8-11)24-9-23-14/h3-8,18H,9H2,1-2H3. The molecule has 0 amide bonds. The van der Waals surface area contributed by atoms with Gasteiger partial charge in [0.15, 0.2) is 17.6 Å². The van der Waals surface area contributed by atoms with Gasteiger partial charge in [0.2, 0.25) is 6.79 Å². The quantitative estimate of drug-likeness (QED) is 0.760. The SMILES string of the molecule is COC(=O)C1=C(Cl)c2cc(C)ccc2OC1c1ccc2c(c1)OCO2. The molecule has 128 valence electrons. The molecule has 1 unspecified atom stereocenters. The lowest BCUT2D eigenvalue weighted by Crippen LogP contribution is -2.23. The number of fused-ring (bicyclic) bond motifs is 2. The van der Waals surface area contributed by atoms with Gasteiger partial charge in [0.05, 0.1) is 12.1 Å². The Morgan fingerprint density at radius 3 is 2.68 bits per heavy atom. The summed E-state index contributed by atoms with van der Waals surface area (Å²) in [6, 6.07) is 11.1. The molecule has 0 radical (unpaired) electrons. The van der Waals surface area contributed by atoms with Gasteiger partial charge in [-0.2, -0.15) is 0 Å². The normalized spacial score (nSPS) is 17.8. The van der Waals surface area contributed by atoms with Gasteiger partial charge < -0.3 is 18.9 Å². The van der Waals surface area contributed by atoms with E-state index in [4.69, 9.17) is 30.5 Å². The summed E-state index contributed by atoms with van der Waals surface area (Å²) in [5.41, 5.74) is 2.69. The lowest BCUT2D eigenvalue weighted by Gasteiger charge is -2.28. The average Bonchev–Trinajstić information content (AvgIpc) is 3.09. The number of rotatable bonds is 2. The van der Waals surface area contributed by atoms with Gasteiger partial charge in [0.1, 0.15) is 11.3 Å². The highest BCUT2D eigenvalue weighted by atomic mass is 35.5. The zero-order chi connectivity index (χ0) is 17.6. The Hall–Kier alpha value is -2.66. The topological polar surface area (TPSA) is 54.0 Å². The molecule has 0 aliphatic carbocycles. The van der Waals surface area contributed by atoms with Crippen LogP contribution in [0.25, 0.3) is 5.03 Å². The van der Waals surface area contributed by atoms with Gasteiger partial charge in [-0.15, -0.1) is 0 Å². The van der Waals surface area contributed by atoms with Gasteiger partial charge in [0.25, 0.3) is 0 Å². The second kappa shape index (κ2) is 6.01. The number of halogens is 1. The van der Waals surface area contributed by atoms with E-state index in [0.29, 0.717) is 27.8 Å². The molecule has 5 nitrogen and oxygen atoms in total. The van der Waals surface area contributed by atoms with E-state index in [0.717, 1.165) is 11.1 Å². The van der Waals surface area contributed by atoms with E-state index in [1.165, 1.54) is 7.11 Å². The van der Waals surface area contributed by atoms with E-state index >= 15 is 0 Å². The van der Waals surface area contributed by atoms with Crippen LogP contribution in [0.15, 0.2) is 42.0 Å². The summed E-state index contributed by atoms with van der Waals surface area (Å²) in [6.07, 6.45) is -0.690. The van der Waals surface area contributed by atoms with Crippen LogP contribution in [0.1, 0.15) is 22.8 Å². The summed E-state index contributed by atoms with van der Waals surface area (Å²) < 4.78 is 21.8. The molecule has 4 rings (SSSR count). The fraction of sp³-hybridized carbons (Fsp3) is 0.211. The first-order valence-corrected chi connectivity index (χ1v) is 8.11. The monoisotopic (exact) mass is 358 g/mol. The number of benzene rings is 2. The molecule has 0 saturated heterocycles. The van der Waals surface area contributed by atoms with Crippen molar-refractivity contribution in [3.05, 3.63) is 58.7 Å². The fourth-order valence-corrected chi connectivity index (χ4v) is 3.31. The Balaban J connectivity index is 1.86. The van der Waals surface area contributed by atoms with Crippen LogP contribution in [0, 0.1) is 6.92 Å². The molecular weight excluding hydrogens is 344 g/mol. The number of hydrogen-bond acceptors (Lipinski definition) is 5. The maximum absolute atomic E-state index is 12.4. The number of hydrogen-bond donors (Lipinski definition) is 0. The third-order valence-corrected chi connectivity index (χ3v) is 4.63. The van der Waals surface area contributed by atoms with E-state index < -0.39 is 12.1 Å². The molecule has 2 aromatic rings. The second-order valence-corrected chi connectivity index (χ2v) is 6.21. The highest BCUT2D eigenvalue weighted by molar-refractivity contribution is 6.51. The molecule has 0 aromatic heterocycles. The minimum Gasteiger partial charge on any atom is -0.480 e. The highest BCUT2D eigenvalue weighted by Gasteiger charge is 2.35. The van der Waals surface area contributed by atoms with E-state index in [9.17, 15) is 4.79 Å². The Kier molecular flexibility index (Phi) is 3.81. The van der Waals surface area contributed by atoms with Crippen LogP contribution in [0.3, 0.4) is 0 Å². The van der Waals surface area contributed by atoms with Crippen molar-refractivity contribution >= 4 is 22.6 Å². The molecule has 0 N–H and O–H groups in total. The number of carbonyl (C=O) groups is 1. The van der Waals surface area contributed by atoms with Gasteiger partial charge in [0, 0.05) is 11.1 Å². The summed E-state index contributed by atoms with van der Waals surface area (Å²) in [4.78, 5) is 12.4. The molecule has 0 spiro atoms. The molecule has 25 heavy (non-hydrogen) atoms. The Bertz CT molecular complexity index is 903. The molecular formula is C19H15ClO5. The van der Waals surface area contributed by atoms with Crippen molar-refractivity contribution in [2.75, 3.05) is 13.9 Å². The fourth-order valence-electron chi connectivity index (χ4n) is 2.98. The van der Waals surface area contributed by atoms with Gasteiger partial charge >= 0.3 is 5.97 Å². The van der Waals surface area contributed by atoms with Crippen molar-refractivity contribution in [2.45, 2.75) is 13.0 Å². The number of ether oxygens (including phenoxy) is 4. The van der Waals surface area contributed by atoms with Crippen LogP contribution >= 0.6 is 11.6 Å². The number of methoxy groups -OCH3 is 1. The molecule has 2 aliphatic heterocycles. The first-order valence-electron chi connectivity index (χ1n) is 7.73. The van der Waals surface area contributed by atoms with E-state index in [-0.39, 0.29) is 12.4 Å². The van der Waals surface area contributed by atoms with Crippen molar-refractivity contribution in [1.82, 2.24) is 0 Å². The summed E-state index contributed by atoms with van der Waals surface area (Å²) in [7, 11) is 1.32. The van der Waals surface area contributed by atoms with Crippen molar-refractivity contribution in [3.8, 4) is 17.2 Å². The van der Waals surface area contributed by atoms with Crippen molar-refractivity contribution < 1.29 is 23.7 Å². The predicted molar refractivity (Wildman–Crippen MR) is 91.9 cm³/mol. The van der Waals surface area contributed by atoms with Crippen molar-refractivity contribution in [2.24, 2.45) is 0 Å². The molecule has 1 atom stereocenters. The molecule has 2 aromatic carbocycles. The van der Waals surface area contributed by atoms with Gasteiger partial charge in [-0.3, -0.25) is 0 Å². The Labute approximate surface area is 149 Å². The molecule has 6 heteroatoms. The zero-order valence-electron chi connectivity index (χ0n) is 13.7. The van der Waals surface area contributed by atoms with E-state index in [1.807, 2.05) is 31.2 Å². The van der Waals surface area contributed by atoms with E-state index in [2.05, 4.69) is 0 Å². The first-order chi connectivity index (χ1) is 12.1. The van der Waals surface area contributed by atoms with Crippen LogP contribution in [0.2, 0.25) is 0 Å². The van der Waals surface area contributed by atoms with Crippen LogP contribution in [0.4, 0.5) is 0 Å². The van der Waals surface area contributed by atoms with Crippen molar-refractivity contribution in [1.29, 1.82) is 0 Å². The third-order valence-electron chi connectivity index (χ3n) is 4.22. The summed E-state index contributed by atoms with van der Waals surface area (Å²) in [6.45, 7) is 2.12. The van der Waals surface area contributed by atoms with Crippen LogP contribution in [0.5, 0.6) is 17.2 Å². The number of aryl methyl sites for hydroxylation is 1. The Morgan fingerprint density at radius 2 is 1.88 bits per heavy atom.